The van der Waals surface area contributed by atoms with Gasteiger partial charge in [0.2, 0.25) is 0 Å². The third-order valence-electron chi connectivity index (χ3n) is 6.96. The van der Waals surface area contributed by atoms with Crippen LogP contribution in [0.5, 0.6) is 11.6 Å². The van der Waals surface area contributed by atoms with E-state index in [-0.39, 0.29) is 6.10 Å². The maximum absolute atomic E-state index is 11.6. The van der Waals surface area contributed by atoms with Gasteiger partial charge in [-0.05, 0) is 69.9 Å². The average Bonchev–Trinajstić information content (AvgIpc) is 2.99. The number of pyridine rings is 1. The van der Waals surface area contributed by atoms with Crippen molar-refractivity contribution >= 4 is 23.4 Å². The Hall–Kier alpha value is -4.80. The summed E-state index contributed by atoms with van der Waals surface area (Å²) in [5, 5.41) is 12.8. The Morgan fingerprint density at radius 2 is 1.98 bits per heavy atom. The molecule has 0 aliphatic carbocycles. The highest BCUT2D eigenvalue weighted by Crippen LogP contribution is 2.29. The predicted octanol–water partition coefficient (Wildman–Crippen LogP) is 5.17. The van der Waals surface area contributed by atoms with Gasteiger partial charge in [0, 0.05) is 24.5 Å². The van der Waals surface area contributed by atoms with E-state index in [1.807, 2.05) is 43.3 Å². The second-order valence-corrected chi connectivity index (χ2v) is 10.8. The van der Waals surface area contributed by atoms with Gasteiger partial charge in [0.25, 0.3) is 5.88 Å². The Morgan fingerprint density at radius 1 is 1.10 bits per heavy atom. The van der Waals surface area contributed by atoms with Crippen LogP contribution in [0.25, 0.3) is 11.4 Å². The average molecular weight is 570 g/mol. The number of nitrogens with one attached hydrogen (secondary N) is 1. The van der Waals surface area contributed by atoms with Crippen LogP contribution in [0.15, 0.2) is 67.3 Å². The summed E-state index contributed by atoms with van der Waals surface area (Å²) in [7, 11) is 0. The highest BCUT2D eigenvalue weighted by molar-refractivity contribution is 5.74. The number of carbonyl (C=O) groups is 1. The van der Waals surface area contributed by atoms with Crippen molar-refractivity contribution in [1.82, 2.24) is 24.9 Å². The van der Waals surface area contributed by atoms with Crippen LogP contribution >= 0.6 is 0 Å². The number of aromatic nitrogens is 5. The van der Waals surface area contributed by atoms with Crippen molar-refractivity contribution in [3.05, 3.63) is 72.8 Å². The standard InChI is InChI=1S/C31H35N7O4/c1-4-41-24-11-6-13-34-29(24)42-23-10-7-15-38(20-23)27-19-32-18-26(36-27)35-25-12-14-33-28(37-25)22-9-5-8-21(16-22)17-31(2,3)30(39)40/h5-6,8-9,11-14,16,18-19,23H,4,7,10,15,17,20H2,1-3H3,(H,39,40)(H,33,35,36,37). The molecule has 3 aromatic heterocycles. The molecular formula is C31H35N7O4. The number of rotatable bonds is 11. The minimum absolute atomic E-state index is 0.0625. The summed E-state index contributed by atoms with van der Waals surface area (Å²) < 4.78 is 11.9. The quantitative estimate of drug-likeness (QED) is 0.247. The van der Waals surface area contributed by atoms with Crippen LogP contribution in [-0.4, -0.2) is 61.8 Å². The van der Waals surface area contributed by atoms with E-state index < -0.39 is 11.4 Å². The highest BCUT2D eigenvalue weighted by atomic mass is 16.5. The largest absolute Gasteiger partial charge is 0.488 e. The summed E-state index contributed by atoms with van der Waals surface area (Å²) in [6, 6.07) is 13.1. The fourth-order valence-electron chi connectivity index (χ4n) is 4.80. The Bertz CT molecular complexity index is 1530. The van der Waals surface area contributed by atoms with Gasteiger partial charge < -0.3 is 24.8 Å². The van der Waals surface area contributed by atoms with Crippen LogP contribution in [0.2, 0.25) is 0 Å². The molecule has 1 saturated heterocycles. The van der Waals surface area contributed by atoms with Gasteiger partial charge in [-0.1, -0.05) is 18.2 Å². The highest BCUT2D eigenvalue weighted by Gasteiger charge is 2.27. The number of hydrogen-bond donors (Lipinski definition) is 2. The molecule has 0 spiro atoms. The molecule has 1 aliphatic rings. The van der Waals surface area contributed by atoms with E-state index in [0.29, 0.717) is 48.7 Å². The number of nitrogens with zero attached hydrogens (tertiary/aromatic N) is 6. The van der Waals surface area contributed by atoms with E-state index in [1.54, 1.807) is 44.7 Å². The van der Waals surface area contributed by atoms with Gasteiger partial charge in [-0.15, -0.1) is 0 Å². The molecule has 0 saturated carbocycles. The number of aliphatic carboxylic acids is 1. The van der Waals surface area contributed by atoms with E-state index in [9.17, 15) is 9.90 Å². The number of benzene rings is 1. The first-order valence-corrected chi connectivity index (χ1v) is 14.0. The third-order valence-corrected chi connectivity index (χ3v) is 6.96. The van der Waals surface area contributed by atoms with E-state index in [2.05, 4.69) is 30.2 Å². The Morgan fingerprint density at radius 3 is 2.81 bits per heavy atom. The Labute approximate surface area is 245 Å². The van der Waals surface area contributed by atoms with Crippen LogP contribution in [0, 0.1) is 5.41 Å². The Kier molecular flexibility index (Phi) is 8.75. The van der Waals surface area contributed by atoms with E-state index in [1.165, 1.54) is 0 Å². The normalized spacial score (nSPS) is 15.2. The number of piperidine rings is 1. The molecule has 11 heteroatoms. The molecule has 5 rings (SSSR count). The van der Waals surface area contributed by atoms with Crippen molar-refractivity contribution in [3.8, 4) is 23.0 Å². The van der Waals surface area contributed by atoms with Gasteiger partial charge in [0.15, 0.2) is 17.4 Å². The molecule has 1 atom stereocenters. The number of anilines is 3. The van der Waals surface area contributed by atoms with Crippen molar-refractivity contribution in [2.24, 2.45) is 5.41 Å². The van der Waals surface area contributed by atoms with Gasteiger partial charge >= 0.3 is 5.97 Å². The van der Waals surface area contributed by atoms with Crippen molar-refractivity contribution < 1.29 is 19.4 Å². The molecule has 1 aromatic carbocycles. The molecular weight excluding hydrogens is 534 g/mol. The van der Waals surface area contributed by atoms with Gasteiger partial charge in [0.1, 0.15) is 17.7 Å². The van der Waals surface area contributed by atoms with Crippen LogP contribution in [0.4, 0.5) is 17.5 Å². The van der Waals surface area contributed by atoms with Gasteiger partial charge in [0.05, 0.1) is 31.0 Å². The zero-order chi connectivity index (χ0) is 29.5. The molecule has 11 nitrogen and oxygen atoms in total. The first-order valence-electron chi connectivity index (χ1n) is 14.0. The fourth-order valence-corrected chi connectivity index (χ4v) is 4.80. The monoisotopic (exact) mass is 569 g/mol. The summed E-state index contributed by atoms with van der Waals surface area (Å²) in [4.78, 5) is 36.4. The molecule has 1 unspecified atom stereocenters. The van der Waals surface area contributed by atoms with Gasteiger partial charge in [-0.25, -0.2) is 19.9 Å². The lowest BCUT2D eigenvalue weighted by Gasteiger charge is -2.33. The lowest BCUT2D eigenvalue weighted by Crippen LogP contribution is -2.41. The molecule has 2 N–H and O–H groups in total. The molecule has 4 aromatic rings. The summed E-state index contributed by atoms with van der Waals surface area (Å²) in [5.41, 5.74) is 0.830. The third kappa shape index (κ3) is 7.09. The summed E-state index contributed by atoms with van der Waals surface area (Å²) in [6.07, 6.45) is 8.96. The minimum Gasteiger partial charge on any atom is -0.488 e. The van der Waals surface area contributed by atoms with E-state index in [4.69, 9.17) is 14.5 Å². The van der Waals surface area contributed by atoms with Crippen LogP contribution in [0.3, 0.4) is 0 Å². The first-order chi connectivity index (χ1) is 20.3. The maximum atomic E-state index is 11.6. The van der Waals surface area contributed by atoms with Gasteiger partial charge in [-0.3, -0.25) is 9.78 Å². The molecule has 0 radical (unpaired) electrons. The maximum Gasteiger partial charge on any atom is 0.309 e. The molecule has 0 bridgehead atoms. The van der Waals surface area contributed by atoms with Gasteiger partial charge in [-0.2, -0.15) is 0 Å². The van der Waals surface area contributed by atoms with Crippen molar-refractivity contribution in [1.29, 1.82) is 0 Å². The molecule has 4 heterocycles. The van der Waals surface area contributed by atoms with Crippen LogP contribution in [0.1, 0.15) is 39.2 Å². The zero-order valence-electron chi connectivity index (χ0n) is 24.0. The topological polar surface area (TPSA) is 135 Å². The van der Waals surface area contributed by atoms with E-state index in [0.717, 1.165) is 36.3 Å². The minimum atomic E-state index is -0.877. The SMILES string of the molecule is CCOc1cccnc1OC1CCCN(c2cncc(Nc3ccnc(-c4cccc(CC(C)(C)C(=O)O)c4)n3)n2)C1. The van der Waals surface area contributed by atoms with E-state index >= 15 is 0 Å². The number of carboxylic acids is 1. The molecule has 1 aliphatic heterocycles. The first kappa shape index (κ1) is 28.7. The van der Waals surface area contributed by atoms with Crippen LogP contribution < -0.4 is 19.7 Å². The number of ether oxygens (including phenoxy) is 2. The van der Waals surface area contributed by atoms with Crippen molar-refractivity contribution in [2.45, 2.75) is 46.1 Å². The predicted molar refractivity (Wildman–Crippen MR) is 159 cm³/mol. The number of hydrogen-bond acceptors (Lipinski definition) is 10. The lowest BCUT2D eigenvalue weighted by atomic mass is 9.85. The lowest BCUT2D eigenvalue weighted by molar-refractivity contribution is -0.146. The van der Waals surface area contributed by atoms with Crippen molar-refractivity contribution in [3.63, 3.8) is 0 Å². The smallest absolute Gasteiger partial charge is 0.309 e. The zero-order valence-corrected chi connectivity index (χ0v) is 24.0. The fraction of sp³-hybridized carbons (Fsp3) is 0.355. The summed E-state index contributed by atoms with van der Waals surface area (Å²) >= 11 is 0. The van der Waals surface area contributed by atoms with Crippen LogP contribution in [-0.2, 0) is 11.2 Å². The molecule has 218 valence electrons. The molecule has 0 amide bonds. The molecule has 1 fully saturated rings. The van der Waals surface area contributed by atoms with Crippen molar-refractivity contribution in [2.75, 3.05) is 29.9 Å². The Balaban J connectivity index is 1.27. The second-order valence-electron chi connectivity index (χ2n) is 10.8. The summed E-state index contributed by atoms with van der Waals surface area (Å²) in [5.74, 6) is 2.70. The number of carboxylic acid groups (broad SMARTS) is 1. The summed E-state index contributed by atoms with van der Waals surface area (Å²) in [6.45, 7) is 7.39. The second kappa shape index (κ2) is 12.8. The molecule has 42 heavy (non-hydrogen) atoms.